The predicted octanol–water partition coefficient (Wildman–Crippen LogP) is 4.14. The van der Waals surface area contributed by atoms with Crippen molar-refractivity contribution in [2.45, 2.75) is 116 Å². The summed E-state index contributed by atoms with van der Waals surface area (Å²) in [7, 11) is -9.42. The van der Waals surface area contributed by atoms with E-state index in [2.05, 4.69) is 6.92 Å². The predicted molar refractivity (Wildman–Crippen MR) is 119 cm³/mol. The van der Waals surface area contributed by atoms with Crippen LogP contribution in [0, 0.1) is 0 Å². The maximum absolute atomic E-state index is 10.9. The van der Waals surface area contributed by atoms with Crippen LogP contribution >= 0.6 is 0 Å². The third-order valence-electron chi connectivity index (χ3n) is 5.28. The molecule has 0 aromatic rings. The summed E-state index contributed by atoms with van der Waals surface area (Å²) in [5.41, 5.74) is 0. The lowest BCUT2D eigenvalue weighted by atomic mass is 10.0. The van der Waals surface area contributed by atoms with Gasteiger partial charge in [0.25, 0.3) is 0 Å². The molecule has 0 spiro atoms. The van der Waals surface area contributed by atoms with Gasteiger partial charge in [0.2, 0.25) is 9.76 Å². The van der Waals surface area contributed by atoms with Crippen molar-refractivity contribution in [3.05, 3.63) is 0 Å². The van der Waals surface area contributed by atoms with Crippen molar-refractivity contribution >= 4 is 36.2 Å². The van der Waals surface area contributed by atoms with Crippen LogP contribution in [0.25, 0.3) is 0 Å². The van der Waals surface area contributed by atoms with Gasteiger partial charge in [0.05, 0.1) is 0 Å². The lowest BCUT2D eigenvalue weighted by Gasteiger charge is -2.42. The van der Waals surface area contributed by atoms with Crippen LogP contribution in [0.2, 0.25) is 26.2 Å². The Balaban J connectivity index is 2.31. The Bertz CT molecular complexity index is 501. The van der Waals surface area contributed by atoms with Crippen LogP contribution in [-0.4, -0.2) is 59.3 Å². The molecule has 0 saturated carbocycles. The van der Waals surface area contributed by atoms with Crippen LogP contribution in [0.4, 0.5) is 0 Å². The Labute approximate surface area is 182 Å². The van der Waals surface area contributed by atoms with Gasteiger partial charge in [-0.1, -0.05) is 19.8 Å². The topological polar surface area (TPSA) is 75.6 Å². The minimum absolute atomic E-state index is 0.0479. The Morgan fingerprint density at radius 1 is 1.00 bits per heavy atom. The number of unbranched alkanes of at least 4 members (excludes halogenated alkanes) is 1. The highest BCUT2D eigenvalue weighted by Gasteiger charge is 2.54. The molecule has 29 heavy (non-hydrogen) atoms. The van der Waals surface area contributed by atoms with Crippen molar-refractivity contribution in [3.8, 4) is 0 Å². The number of hydrogen-bond donors (Lipinski definition) is 1. The van der Waals surface area contributed by atoms with Gasteiger partial charge in [-0.05, 0) is 58.4 Å². The molecular formula is C18H40O7Si4. The molecule has 170 valence electrons. The summed E-state index contributed by atoms with van der Waals surface area (Å²) in [5.74, 6) is 0. The largest absolute Gasteiger partial charge is 0.487 e. The van der Waals surface area contributed by atoms with E-state index in [9.17, 15) is 4.80 Å². The smallest absolute Gasteiger partial charge is 0.416 e. The standard InChI is InChI=1S/C18H40O7Si4/c1-7-8-12-17-14-10-15-18-13-9-11-16(2)20-27(4,19)24-29(6,22-18)25-28(5,21-17)23-26-3/h16-19H,7-15H2,1-6H3. The molecular weight excluding hydrogens is 441 g/mol. The summed E-state index contributed by atoms with van der Waals surface area (Å²) in [6.07, 6.45) is 9.24. The van der Waals surface area contributed by atoms with Crippen LogP contribution in [0.15, 0.2) is 0 Å². The summed E-state index contributed by atoms with van der Waals surface area (Å²) in [6, 6.07) is 0. The van der Waals surface area contributed by atoms with E-state index < -0.39 is 26.4 Å². The molecule has 0 aromatic heterocycles. The SMILES string of the molecule is CCCCC1CCCC2CCCC(C)O[Si](C)(O)O[Si](C)(O2)O[Si](C)(O[Si]C)O1. The van der Waals surface area contributed by atoms with Crippen molar-refractivity contribution in [2.24, 2.45) is 0 Å². The zero-order chi connectivity index (χ0) is 21.5. The molecule has 2 radical (unpaired) electrons. The van der Waals surface area contributed by atoms with Gasteiger partial charge >= 0.3 is 26.4 Å². The highest BCUT2D eigenvalue weighted by atomic mass is 28.5. The molecule has 2 saturated heterocycles. The summed E-state index contributed by atoms with van der Waals surface area (Å²) in [5, 5.41) is 0. The molecule has 2 fully saturated rings. The van der Waals surface area contributed by atoms with E-state index in [1.807, 2.05) is 26.6 Å². The molecule has 0 amide bonds. The molecule has 2 rings (SSSR count). The lowest BCUT2D eigenvalue weighted by Crippen LogP contribution is -2.63. The second-order valence-corrected chi connectivity index (χ2v) is 17.4. The molecule has 2 bridgehead atoms. The highest BCUT2D eigenvalue weighted by Crippen LogP contribution is 2.32. The van der Waals surface area contributed by atoms with Crippen LogP contribution in [0.5, 0.6) is 0 Å². The van der Waals surface area contributed by atoms with Gasteiger partial charge in [-0.2, -0.15) is 0 Å². The van der Waals surface area contributed by atoms with E-state index in [1.54, 1.807) is 6.55 Å². The van der Waals surface area contributed by atoms with Crippen LogP contribution < -0.4 is 0 Å². The first-order chi connectivity index (χ1) is 13.6. The Morgan fingerprint density at radius 3 is 2.34 bits per heavy atom. The summed E-state index contributed by atoms with van der Waals surface area (Å²) < 4.78 is 37.6. The molecule has 11 heteroatoms. The van der Waals surface area contributed by atoms with E-state index in [0.29, 0.717) is 0 Å². The van der Waals surface area contributed by atoms with Gasteiger partial charge < -0.3 is 30.4 Å². The van der Waals surface area contributed by atoms with Crippen molar-refractivity contribution in [2.75, 3.05) is 0 Å². The van der Waals surface area contributed by atoms with Crippen LogP contribution in [0.1, 0.15) is 71.6 Å². The van der Waals surface area contributed by atoms with E-state index in [-0.39, 0.29) is 28.1 Å². The fourth-order valence-corrected chi connectivity index (χ4v) is 15.7. The first-order valence-corrected chi connectivity index (χ1v) is 19.2. The quantitative estimate of drug-likeness (QED) is 0.593. The molecule has 1 N–H and O–H groups in total. The molecule has 6 unspecified atom stereocenters. The Morgan fingerprint density at radius 2 is 1.69 bits per heavy atom. The highest BCUT2D eigenvalue weighted by molar-refractivity contribution is 6.80. The first-order valence-electron chi connectivity index (χ1n) is 11.1. The average molecular weight is 481 g/mol. The summed E-state index contributed by atoms with van der Waals surface area (Å²) in [6.45, 7) is 11.6. The summed E-state index contributed by atoms with van der Waals surface area (Å²) in [4.78, 5) is 10.9. The van der Waals surface area contributed by atoms with E-state index in [0.717, 1.165) is 57.8 Å². The third-order valence-corrected chi connectivity index (χ3v) is 15.9. The van der Waals surface area contributed by atoms with Gasteiger partial charge in [-0.25, -0.2) is 0 Å². The fraction of sp³-hybridized carbons (Fsp3) is 1.00. The maximum atomic E-state index is 10.9. The monoisotopic (exact) mass is 480 g/mol. The fourth-order valence-electron chi connectivity index (χ4n) is 4.23. The van der Waals surface area contributed by atoms with Crippen LogP contribution in [-0.2, 0) is 25.6 Å². The minimum atomic E-state index is -3.41. The summed E-state index contributed by atoms with van der Waals surface area (Å²) >= 11 is 0. The second-order valence-electron chi connectivity index (χ2n) is 8.55. The van der Waals surface area contributed by atoms with Gasteiger partial charge in [0, 0.05) is 38.0 Å². The van der Waals surface area contributed by atoms with Gasteiger partial charge in [-0.3, -0.25) is 0 Å². The van der Waals surface area contributed by atoms with Crippen molar-refractivity contribution in [1.29, 1.82) is 0 Å². The maximum Gasteiger partial charge on any atom is 0.487 e. The van der Waals surface area contributed by atoms with Crippen molar-refractivity contribution in [3.63, 3.8) is 0 Å². The number of hydrogen-bond acceptors (Lipinski definition) is 7. The molecule has 7 nitrogen and oxygen atoms in total. The van der Waals surface area contributed by atoms with E-state index in [1.165, 1.54) is 0 Å². The molecule has 0 aromatic carbocycles. The van der Waals surface area contributed by atoms with Crippen molar-refractivity contribution in [1.82, 2.24) is 0 Å². The first kappa shape index (κ1) is 25.8. The molecule has 2 aliphatic heterocycles. The molecule has 2 heterocycles. The Hall–Kier alpha value is 0.588. The van der Waals surface area contributed by atoms with Crippen LogP contribution in [0.3, 0.4) is 0 Å². The van der Waals surface area contributed by atoms with Gasteiger partial charge in [0.15, 0.2) is 0 Å². The Kier molecular flexibility index (Phi) is 10.2. The van der Waals surface area contributed by atoms with Gasteiger partial charge in [0.1, 0.15) is 0 Å². The van der Waals surface area contributed by atoms with Crippen molar-refractivity contribution < 1.29 is 30.4 Å². The zero-order valence-corrected chi connectivity index (χ0v) is 23.0. The molecule has 6 atom stereocenters. The second kappa shape index (κ2) is 11.5. The van der Waals surface area contributed by atoms with E-state index >= 15 is 0 Å². The minimum Gasteiger partial charge on any atom is -0.416 e. The lowest BCUT2D eigenvalue weighted by molar-refractivity contribution is 0.00283. The normalized spacial score (nSPS) is 42.9. The molecule has 0 aliphatic carbocycles. The molecule has 2 aliphatic rings. The number of rotatable bonds is 5. The average Bonchev–Trinajstić information content (AvgIpc) is 2.56. The third kappa shape index (κ3) is 8.92. The van der Waals surface area contributed by atoms with Gasteiger partial charge in [-0.15, -0.1) is 0 Å². The zero-order valence-electron chi connectivity index (χ0n) is 19.0. The van der Waals surface area contributed by atoms with E-state index in [4.69, 9.17) is 25.6 Å². The number of fused-ring (bicyclic) bond motifs is 2.